The lowest BCUT2D eigenvalue weighted by Crippen LogP contribution is -2.48. The molecule has 0 atom stereocenters. The van der Waals surface area contributed by atoms with Crippen molar-refractivity contribution in [2.45, 2.75) is 44.1 Å². The van der Waals surface area contributed by atoms with Crippen molar-refractivity contribution in [1.82, 2.24) is 24.0 Å². The van der Waals surface area contributed by atoms with E-state index in [2.05, 4.69) is 14.9 Å². The quantitative estimate of drug-likeness (QED) is 0.334. The molecule has 0 radical (unpaired) electrons. The summed E-state index contributed by atoms with van der Waals surface area (Å²) < 4.78 is 37.3. The average Bonchev–Trinajstić information content (AvgIpc) is 3.16. The van der Waals surface area contributed by atoms with Gasteiger partial charge in [-0.1, -0.05) is 6.42 Å². The van der Waals surface area contributed by atoms with Crippen LogP contribution in [0.15, 0.2) is 35.4 Å². The van der Waals surface area contributed by atoms with E-state index in [1.165, 1.54) is 38.4 Å². The first-order valence-corrected chi connectivity index (χ1v) is 14.3. The third-order valence-electron chi connectivity index (χ3n) is 8.81. The molecule has 2 saturated heterocycles. The largest absolute Gasteiger partial charge is 0.490 e. The topological polar surface area (TPSA) is 83.6 Å². The van der Waals surface area contributed by atoms with E-state index in [0.29, 0.717) is 71.8 Å². The third-order valence-corrected chi connectivity index (χ3v) is 8.81. The van der Waals surface area contributed by atoms with Crippen molar-refractivity contribution < 1.29 is 18.6 Å². The van der Waals surface area contributed by atoms with E-state index in [4.69, 9.17) is 14.2 Å². The molecule has 10 heteroatoms. The molecule has 4 aromatic rings. The molecule has 0 bridgehead atoms. The van der Waals surface area contributed by atoms with Gasteiger partial charge in [-0.2, -0.15) is 0 Å². The van der Waals surface area contributed by atoms with Crippen LogP contribution in [-0.4, -0.2) is 70.1 Å². The van der Waals surface area contributed by atoms with Gasteiger partial charge in [0.1, 0.15) is 18.2 Å². The van der Waals surface area contributed by atoms with Crippen LogP contribution >= 0.6 is 0 Å². The summed E-state index contributed by atoms with van der Waals surface area (Å²) in [4.78, 5) is 25.1. The number of aryl methyl sites for hydroxylation is 1. The van der Waals surface area contributed by atoms with Crippen LogP contribution in [0.1, 0.15) is 38.5 Å². The first-order chi connectivity index (χ1) is 19.6. The van der Waals surface area contributed by atoms with Crippen molar-refractivity contribution in [2.75, 3.05) is 46.1 Å². The highest BCUT2D eigenvalue weighted by Crippen LogP contribution is 2.46. The number of nitrogens with zero attached hydrogens (tertiary/aromatic N) is 5. The summed E-state index contributed by atoms with van der Waals surface area (Å²) in [5, 5.41) is 0.646. The standard InChI is InChI=1S/C30H34FN5O4/c1-34-23-18-32-22-16-21(31)25(20-6-7-24(33-17-20)39-13-5-12-35-10-3-2-4-11-35)28-26(22)27(23)36(29(34)37)30(19-40-28)8-14-38-15-9-30/h6-7,16-18H,2-5,8-15,19H2,1H3. The van der Waals surface area contributed by atoms with Gasteiger partial charge < -0.3 is 19.1 Å². The molecule has 7 rings (SSSR count). The molecular formula is C30H34FN5O4. The minimum Gasteiger partial charge on any atom is -0.490 e. The fourth-order valence-electron chi connectivity index (χ4n) is 6.59. The van der Waals surface area contributed by atoms with Gasteiger partial charge in [-0.05, 0) is 51.3 Å². The van der Waals surface area contributed by atoms with Gasteiger partial charge in [0, 0.05) is 50.7 Å². The van der Waals surface area contributed by atoms with Gasteiger partial charge >= 0.3 is 5.69 Å². The minimum atomic E-state index is -0.583. The van der Waals surface area contributed by atoms with Crippen LogP contribution in [0.5, 0.6) is 11.6 Å². The van der Waals surface area contributed by atoms with Crippen molar-refractivity contribution >= 4 is 21.9 Å². The highest BCUT2D eigenvalue weighted by atomic mass is 19.1. The summed E-state index contributed by atoms with van der Waals surface area (Å²) in [5.74, 6) is 0.462. The maximum Gasteiger partial charge on any atom is 0.329 e. The first kappa shape index (κ1) is 25.5. The smallest absolute Gasteiger partial charge is 0.329 e. The number of imidazole rings is 1. The Morgan fingerprint density at radius 3 is 2.70 bits per heavy atom. The normalized spacial score (nSPS) is 18.9. The molecule has 9 nitrogen and oxygen atoms in total. The molecule has 0 unspecified atom stereocenters. The van der Waals surface area contributed by atoms with Gasteiger partial charge in [0.2, 0.25) is 5.88 Å². The minimum absolute atomic E-state index is 0.128. The number of hydrogen-bond donors (Lipinski definition) is 0. The Hall–Kier alpha value is -3.50. The Bertz CT molecular complexity index is 1620. The predicted octanol–water partition coefficient (Wildman–Crippen LogP) is 4.24. The van der Waals surface area contributed by atoms with E-state index in [1.807, 2.05) is 10.6 Å². The highest BCUT2D eigenvalue weighted by molar-refractivity contribution is 6.09. The maximum absolute atomic E-state index is 15.8. The second-order valence-electron chi connectivity index (χ2n) is 11.2. The third kappa shape index (κ3) is 4.16. The molecule has 2 fully saturated rings. The van der Waals surface area contributed by atoms with Crippen LogP contribution < -0.4 is 15.2 Å². The molecule has 210 valence electrons. The van der Waals surface area contributed by atoms with Gasteiger partial charge in [0.05, 0.1) is 45.8 Å². The summed E-state index contributed by atoms with van der Waals surface area (Å²) in [6.45, 7) is 5.25. The predicted molar refractivity (Wildman–Crippen MR) is 150 cm³/mol. The number of aromatic nitrogens is 4. The van der Waals surface area contributed by atoms with E-state index in [1.54, 1.807) is 30.1 Å². The molecule has 1 spiro atoms. The molecule has 3 aliphatic heterocycles. The number of rotatable bonds is 6. The lowest BCUT2D eigenvalue weighted by atomic mass is 9.90. The number of fused-ring (bicyclic) bond motifs is 1. The Balaban J connectivity index is 1.24. The second kappa shape index (κ2) is 10.2. The maximum atomic E-state index is 15.8. The number of ether oxygens (including phenoxy) is 3. The van der Waals surface area contributed by atoms with Gasteiger partial charge in [-0.3, -0.25) is 14.1 Å². The zero-order chi connectivity index (χ0) is 27.3. The summed E-state index contributed by atoms with van der Waals surface area (Å²) in [7, 11) is 1.75. The molecule has 0 N–H and O–H groups in total. The Labute approximate surface area is 231 Å². The molecule has 3 aliphatic rings. The van der Waals surface area contributed by atoms with Crippen LogP contribution in [-0.2, 0) is 17.3 Å². The molecule has 1 aromatic carbocycles. The number of likely N-dealkylation sites (tertiary alicyclic amines) is 1. The zero-order valence-corrected chi connectivity index (χ0v) is 22.8. The van der Waals surface area contributed by atoms with E-state index in [-0.39, 0.29) is 12.3 Å². The van der Waals surface area contributed by atoms with Crippen molar-refractivity contribution in [3.8, 4) is 22.8 Å². The van der Waals surface area contributed by atoms with Crippen molar-refractivity contribution in [1.29, 1.82) is 0 Å². The second-order valence-corrected chi connectivity index (χ2v) is 11.2. The number of benzene rings is 1. The SMILES string of the molecule is Cn1c(=O)n2c3c4c(c(-c5ccc(OCCCN6CCCCC6)nc5)c(F)cc4ncc31)OCC21CCOCC1. The Morgan fingerprint density at radius 2 is 1.93 bits per heavy atom. The summed E-state index contributed by atoms with van der Waals surface area (Å²) in [6, 6.07) is 5.02. The molecular weight excluding hydrogens is 513 g/mol. The summed E-state index contributed by atoms with van der Waals surface area (Å²) in [5.41, 5.74) is 2.07. The molecule has 0 aliphatic carbocycles. The monoisotopic (exact) mass is 547 g/mol. The van der Waals surface area contributed by atoms with Crippen LogP contribution in [0.2, 0.25) is 0 Å². The molecule has 3 aromatic heterocycles. The number of piperidine rings is 1. The fourth-order valence-corrected chi connectivity index (χ4v) is 6.59. The Morgan fingerprint density at radius 1 is 1.10 bits per heavy atom. The van der Waals surface area contributed by atoms with E-state index >= 15 is 4.39 Å². The number of pyridine rings is 2. The fraction of sp³-hybridized carbons (Fsp3) is 0.500. The van der Waals surface area contributed by atoms with E-state index < -0.39 is 11.4 Å². The summed E-state index contributed by atoms with van der Waals surface area (Å²) >= 11 is 0. The van der Waals surface area contributed by atoms with Gasteiger partial charge in [0.25, 0.3) is 0 Å². The van der Waals surface area contributed by atoms with Crippen molar-refractivity contribution in [2.24, 2.45) is 7.05 Å². The van der Waals surface area contributed by atoms with Gasteiger partial charge in [-0.25, -0.2) is 14.2 Å². The van der Waals surface area contributed by atoms with Crippen molar-refractivity contribution in [3.05, 3.63) is 46.9 Å². The molecule has 0 amide bonds. The lowest BCUT2D eigenvalue weighted by Gasteiger charge is -2.36. The van der Waals surface area contributed by atoms with Gasteiger partial charge in [-0.15, -0.1) is 0 Å². The molecule has 40 heavy (non-hydrogen) atoms. The Kier molecular flexibility index (Phi) is 6.47. The van der Waals surface area contributed by atoms with E-state index in [9.17, 15) is 4.79 Å². The first-order valence-electron chi connectivity index (χ1n) is 14.3. The lowest BCUT2D eigenvalue weighted by molar-refractivity contribution is -0.000914. The molecule has 6 heterocycles. The van der Waals surface area contributed by atoms with Crippen molar-refractivity contribution in [3.63, 3.8) is 0 Å². The number of halogens is 1. The van der Waals surface area contributed by atoms with Gasteiger partial charge in [0.15, 0.2) is 0 Å². The number of hydrogen-bond acceptors (Lipinski definition) is 7. The van der Waals surface area contributed by atoms with Crippen LogP contribution in [0, 0.1) is 5.82 Å². The average molecular weight is 548 g/mol. The zero-order valence-electron chi connectivity index (χ0n) is 22.8. The van der Waals surface area contributed by atoms with Crippen LogP contribution in [0.4, 0.5) is 4.39 Å². The van der Waals surface area contributed by atoms with Crippen LogP contribution in [0.25, 0.3) is 33.1 Å². The molecule has 0 saturated carbocycles. The summed E-state index contributed by atoms with van der Waals surface area (Å²) in [6.07, 6.45) is 9.37. The van der Waals surface area contributed by atoms with Crippen LogP contribution in [0.3, 0.4) is 0 Å². The van der Waals surface area contributed by atoms with E-state index in [0.717, 1.165) is 18.5 Å². The highest BCUT2D eigenvalue weighted by Gasteiger charge is 2.42.